The largest absolute Gasteiger partial charge is 0.386 e. The lowest BCUT2D eigenvalue weighted by Crippen LogP contribution is -2.36. The molecule has 0 radical (unpaired) electrons. The van der Waals surface area contributed by atoms with E-state index in [0.717, 1.165) is 25.2 Å². The number of carbonyl (C=O) groups excluding carboxylic acids is 1. The third-order valence-electron chi connectivity index (χ3n) is 3.06. The Morgan fingerprint density at radius 2 is 2.41 bits per heavy atom. The van der Waals surface area contributed by atoms with Crippen LogP contribution in [-0.2, 0) is 0 Å². The minimum absolute atomic E-state index is 0.0305. The number of carbonyl (C=O) groups is 1. The maximum Gasteiger partial charge on any atom is 0.253 e. The fraction of sp³-hybridized carbons (Fsp3) is 0.500. The summed E-state index contributed by atoms with van der Waals surface area (Å²) in [4.78, 5) is 18.3. The van der Waals surface area contributed by atoms with Crippen molar-refractivity contribution in [3.63, 3.8) is 0 Å². The van der Waals surface area contributed by atoms with E-state index in [1.807, 2.05) is 0 Å². The Morgan fingerprint density at radius 3 is 3.06 bits per heavy atom. The number of hydrogen-bond donors (Lipinski definition) is 2. The van der Waals surface area contributed by atoms with Gasteiger partial charge in [0.05, 0.1) is 17.4 Å². The van der Waals surface area contributed by atoms with E-state index in [2.05, 4.69) is 27.6 Å². The van der Waals surface area contributed by atoms with Gasteiger partial charge < -0.3 is 15.5 Å². The van der Waals surface area contributed by atoms with E-state index in [4.69, 9.17) is 0 Å². The number of anilines is 1. The molecule has 2 rings (SSSR count). The number of likely N-dealkylation sites (N-methyl/N-ethyl adjacent to an activating group) is 1. The fourth-order valence-corrected chi connectivity index (χ4v) is 2.11. The van der Waals surface area contributed by atoms with Gasteiger partial charge in [-0.15, -0.1) is 0 Å². The number of rotatable bonds is 3. The Kier molecular flexibility index (Phi) is 3.58. The number of aromatic nitrogens is 1. The van der Waals surface area contributed by atoms with Crippen LogP contribution in [0.3, 0.4) is 0 Å². The highest BCUT2D eigenvalue weighted by atomic mass is 16.1. The molecule has 1 aliphatic heterocycles. The predicted octanol–water partition coefficient (Wildman–Crippen LogP) is 0.557. The second kappa shape index (κ2) is 5.14. The molecule has 1 saturated heterocycles. The van der Waals surface area contributed by atoms with E-state index in [-0.39, 0.29) is 11.9 Å². The lowest BCUT2D eigenvalue weighted by Gasteiger charge is -2.14. The zero-order valence-electron chi connectivity index (χ0n) is 10.2. The van der Waals surface area contributed by atoms with Crippen LogP contribution in [0.4, 0.5) is 5.69 Å². The van der Waals surface area contributed by atoms with E-state index in [9.17, 15) is 4.79 Å². The predicted molar refractivity (Wildman–Crippen MR) is 67.2 cm³/mol. The van der Waals surface area contributed by atoms with Crippen LogP contribution in [0.2, 0.25) is 0 Å². The summed E-state index contributed by atoms with van der Waals surface area (Å²) >= 11 is 0. The summed E-state index contributed by atoms with van der Waals surface area (Å²) < 4.78 is 0. The Hall–Kier alpha value is -1.62. The van der Waals surface area contributed by atoms with Crippen molar-refractivity contribution in [3.05, 3.63) is 24.0 Å². The summed E-state index contributed by atoms with van der Waals surface area (Å²) in [7, 11) is 3.86. The zero-order chi connectivity index (χ0) is 12.3. The number of amides is 1. The molecular weight excluding hydrogens is 216 g/mol. The Balaban J connectivity index is 2.04. The van der Waals surface area contributed by atoms with E-state index in [1.165, 1.54) is 0 Å². The standard InChI is InChI=1S/C12H18N4O/c1-13-11-7-14-5-3-10(11)12(17)15-9-4-6-16(2)8-9/h3,5,7,9,13H,4,6,8H2,1-2H3,(H,15,17). The molecule has 0 spiro atoms. The van der Waals surface area contributed by atoms with Gasteiger partial charge in [-0.05, 0) is 26.1 Å². The molecule has 1 aromatic rings. The monoisotopic (exact) mass is 234 g/mol. The third-order valence-corrected chi connectivity index (χ3v) is 3.06. The summed E-state index contributed by atoms with van der Waals surface area (Å²) in [6.07, 6.45) is 4.31. The molecule has 1 fully saturated rings. The quantitative estimate of drug-likeness (QED) is 0.802. The van der Waals surface area contributed by atoms with Crippen molar-refractivity contribution in [1.29, 1.82) is 0 Å². The van der Waals surface area contributed by atoms with E-state index >= 15 is 0 Å². The summed E-state index contributed by atoms with van der Waals surface area (Å²) in [6.45, 7) is 1.96. The topological polar surface area (TPSA) is 57.3 Å². The number of hydrogen-bond acceptors (Lipinski definition) is 4. The highest BCUT2D eigenvalue weighted by molar-refractivity contribution is 5.99. The average Bonchev–Trinajstić information content (AvgIpc) is 2.74. The first-order valence-corrected chi connectivity index (χ1v) is 5.82. The van der Waals surface area contributed by atoms with E-state index in [0.29, 0.717) is 5.56 Å². The number of likely N-dealkylation sites (tertiary alicyclic amines) is 1. The molecule has 1 aromatic heterocycles. The molecule has 5 heteroatoms. The van der Waals surface area contributed by atoms with Crippen LogP contribution in [0.15, 0.2) is 18.5 Å². The maximum atomic E-state index is 12.1. The van der Waals surface area contributed by atoms with E-state index in [1.54, 1.807) is 25.5 Å². The average molecular weight is 234 g/mol. The lowest BCUT2D eigenvalue weighted by atomic mass is 10.2. The molecule has 2 N–H and O–H groups in total. The van der Waals surface area contributed by atoms with Crippen molar-refractivity contribution in [2.24, 2.45) is 0 Å². The molecule has 2 heterocycles. The molecule has 1 aliphatic rings. The minimum Gasteiger partial charge on any atom is -0.386 e. The maximum absolute atomic E-state index is 12.1. The highest BCUT2D eigenvalue weighted by Gasteiger charge is 2.22. The molecule has 1 atom stereocenters. The molecule has 5 nitrogen and oxygen atoms in total. The smallest absolute Gasteiger partial charge is 0.253 e. The van der Waals surface area contributed by atoms with Gasteiger partial charge >= 0.3 is 0 Å². The van der Waals surface area contributed by atoms with Gasteiger partial charge in [-0.2, -0.15) is 0 Å². The molecule has 0 aromatic carbocycles. The molecular formula is C12H18N4O. The van der Waals surface area contributed by atoms with Crippen molar-refractivity contribution in [2.45, 2.75) is 12.5 Å². The highest BCUT2D eigenvalue weighted by Crippen LogP contribution is 2.14. The summed E-state index contributed by atoms with van der Waals surface area (Å²) in [6, 6.07) is 1.99. The van der Waals surface area contributed by atoms with Gasteiger partial charge in [0, 0.05) is 25.8 Å². The van der Waals surface area contributed by atoms with Crippen LogP contribution in [0, 0.1) is 0 Å². The van der Waals surface area contributed by atoms with Crippen molar-refractivity contribution >= 4 is 11.6 Å². The fourth-order valence-electron chi connectivity index (χ4n) is 2.11. The lowest BCUT2D eigenvalue weighted by molar-refractivity contribution is 0.0939. The summed E-state index contributed by atoms with van der Waals surface area (Å²) in [5.74, 6) is -0.0305. The SMILES string of the molecule is CNc1cnccc1C(=O)NC1CCN(C)C1. The van der Waals surface area contributed by atoms with Gasteiger partial charge in [-0.3, -0.25) is 9.78 Å². The molecule has 17 heavy (non-hydrogen) atoms. The van der Waals surface area contributed by atoms with Crippen molar-refractivity contribution in [3.8, 4) is 0 Å². The number of nitrogens with zero attached hydrogens (tertiary/aromatic N) is 2. The normalized spacial score (nSPS) is 20.2. The van der Waals surface area contributed by atoms with Crippen LogP contribution in [0.25, 0.3) is 0 Å². The summed E-state index contributed by atoms with van der Waals surface area (Å²) in [5.41, 5.74) is 1.41. The second-order valence-electron chi connectivity index (χ2n) is 4.39. The number of nitrogens with one attached hydrogen (secondary N) is 2. The minimum atomic E-state index is -0.0305. The molecule has 0 saturated carbocycles. The molecule has 1 amide bonds. The molecule has 0 bridgehead atoms. The molecule has 0 aliphatic carbocycles. The number of pyridine rings is 1. The first-order valence-electron chi connectivity index (χ1n) is 5.82. The van der Waals surface area contributed by atoms with Crippen LogP contribution in [-0.4, -0.2) is 49.0 Å². The Bertz CT molecular complexity index is 407. The van der Waals surface area contributed by atoms with Gasteiger partial charge in [0.2, 0.25) is 0 Å². The first kappa shape index (κ1) is 11.9. The summed E-state index contributed by atoms with van der Waals surface area (Å²) in [5, 5.41) is 6.03. The van der Waals surface area contributed by atoms with Crippen LogP contribution in [0.5, 0.6) is 0 Å². The molecule has 92 valence electrons. The van der Waals surface area contributed by atoms with E-state index < -0.39 is 0 Å². The van der Waals surface area contributed by atoms with Gasteiger partial charge in [-0.25, -0.2) is 0 Å². The molecule has 1 unspecified atom stereocenters. The first-order chi connectivity index (χ1) is 8.20. The van der Waals surface area contributed by atoms with Crippen molar-refractivity contribution in [1.82, 2.24) is 15.2 Å². The van der Waals surface area contributed by atoms with Gasteiger partial charge in [-0.1, -0.05) is 0 Å². The van der Waals surface area contributed by atoms with Gasteiger partial charge in [0.25, 0.3) is 5.91 Å². The van der Waals surface area contributed by atoms with Crippen LogP contribution in [0.1, 0.15) is 16.8 Å². The third kappa shape index (κ3) is 2.74. The van der Waals surface area contributed by atoms with Crippen LogP contribution >= 0.6 is 0 Å². The Labute approximate surface area is 101 Å². The second-order valence-corrected chi connectivity index (χ2v) is 4.39. The van der Waals surface area contributed by atoms with Crippen molar-refractivity contribution < 1.29 is 4.79 Å². The van der Waals surface area contributed by atoms with Gasteiger partial charge in [0.15, 0.2) is 0 Å². The van der Waals surface area contributed by atoms with Crippen LogP contribution < -0.4 is 10.6 Å². The van der Waals surface area contributed by atoms with Gasteiger partial charge in [0.1, 0.15) is 0 Å². The van der Waals surface area contributed by atoms with Crippen molar-refractivity contribution in [2.75, 3.05) is 32.5 Å². The zero-order valence-corrected chi connectivity index (χ0v) is 10.2. The Morgan fingerprint density at radius 1 is 1.59 bits per heavy atom.